The number of aromatic nitrogens is 2. The Bertz CT molecular complexity index is 1090. The summed E-state index contributed by atoms with van der Waals surface area (Å²) in [6.45, 7) is 3.19. The van der Waals surface area contributed by atoms with E-state index in [1.807, 2.05) is 0 Å². The van der Waals surface area contributed by atoms with E-state index >= 15 is 0 Å². The van der Waals surface area contributed by atoms with Crippen LogP contribution in [0.4, 0.5) is 10.1 Å². The number of ether oxygens (including phenoxy) is 1. The number of anilines is 1. The zero-order chi connectivity index (χ0) is 19.7. The summed E-state index contributed by atoms with van der Waals surface area (Å²) in [5, 5.41) is 2.91. The van der Waals surface area contributed by atoms with Crippen LogP contribution in [-0.2, 0) is 9.53 Å². The lowest BCUT2D eigenvalue weighted by Gasteiger charge is -2.15. The van der Waals surface area contributed by atoms with E-state index in [0.717, 1.165) is 11.3 Å². The molecule has 2 heterocycles. The first-order valence-corrected chi connectivity index (χ1v) is 8.80. The van der Waals surface area contributed by atoms with Gasteiger partial charge in [-0.15, -0.1) is 11.3 Å². The van der Waals surface area contributed by atoms with Crippen molar-refractivity contribution >= 4 is 39.1 Å². The van der Waals surface area contributed by atoms with Crippen LogP contribution in [0.5, 0.6) is 0 Å². The number of carbonyl (C=O) groups is 2. The van der Waals surface area contributed by atoms with E-state index in [4.69, 9.17) is 4.74 Å². The van der Waals surface area contributed by atoms with Gasteiger partial charge in [0, 0.05) is 5.69 Å². The molecule has 0 spiro atoms. The quantitative estimate of drug-likeness (QED) is 0.693. The molecule has 0 bridgehead atoms. The van der Waals surface area contributed by atoms with Gasteiger partial charge in [0.05, 0.1) is 18.8 Å². The Labute approximate surface area is 157 Å². The molecule has 140 valence electrons. The number of nitrogens with one attached hydrogen (secondary N) is 1. The Morgan fingerprint density at radius 3 is 2.59 bits per heavy atom. The van der Waals surface area contributed by atoms with E-state index in [2.05, 4.69) is 10.3 Å². The number of hydrogen-bond acceptors (Lipinski definition) is 6. The first kappa shape index (κ1) is 18.7. The number of fused-ring (bicyclic) bond motifs is 1. The molecule has 0 aliphatic heterocycles. The van der Waals surface area contributed by atoms with Gasteiger partial charge in [-0.25, -0.2) is 14.2 Å². The Balaban J connectivity index is 1.96. The van der Waals surface area contributed by atoms with Crippen molar-refractivity contribution in [3.05, 3.63) is 57.2 Å². The molecule has 1 aromatic carbocycles. The predicted molar refractivity (Wildman–Crippen MR) is 99.7 cm³/mol. The van der Waals surface area contributed by atoms with Crippen molar-refractivity contribution in [3.8, 4) is 0 Å². The molecular formula is C18H16FN3O4S. The maximum Gasteiger partial charge on any atom is 0.348 e. The molecule has 0 saturated carbocycles. The van der Waals surface area contributed by atoms with E-state index < -0.39 is 29.3 Å². The highest BCUT2D eigenvalue weighted by molar-refractivity contribution is 7.20. The average molecular weight is 389 g/mol. The van der Waals surface area contributed by atoms with Crippen LogP contribution in [0.1, 0.15) is 28.2 Å². The summed E-state index contributed by atoms with van der Waals surface area (Å²) in [4.78, 5) is 42.1. The monoisotopic (exact) mass is 389 g/mol. The Hall–Kier alpha value is -3.07. The lowest BCUT2D eigenvalue weighted by atomic mass is 10.2. The lowest BCUT2D eigenvalue weighted by Crippen LogP contribution is -2.31. The highest BCUT2D eigenvalue weighted by Gasteiger charge is 2.23. The average Bonchev–Trinajstić information content (AvgIpc) is 3.00. The predicted octanol–water partition coefficient (Wildman–Crippen LogP) is 2.89. The number of amides is 1. The van der Waals surface area contributed by atoms with E-state index in [-0.39, 0.29) is 5.39 Å². The number of carbonyl (C=O) groups excluding carboxylic acids is 2. The smallest absolute Gasteiger partial charge is 0.348 e. The van der Waals surface area contributed by atoms with E-state index in [0.29, 0.717) is 21.0 Å². The summed E-state index contributed by atoms with van der Waals surface area (Å²) in [6, 6.07) is 4.44. The number of halogens is 1. The normalized spacial score (nSPS) is 12.0. The molecule has 27 heavy (non-hydrogen) atoms. The van der Waals surface area contributed by atoms with Crippen molar-refractivity contribution in [3.63, 3.8) is 0 Å². The molecule has 0 saturated heterocycles. The molecule has 9 heteroatoms. The van der Waals surface area contributed by atoms with Crippen LogP contribution in [0.2, 0.25) is 0 Å². The number of hydrogen-bond donors (Lipinski definition) is 1. The third-order valence-electron chi connectivity index (χ3n) is 4.16. The van der Waals surface area contributed by atoms with Gasteiger partial charge in [-0.1, -0.05) is 0 Å². The minimum absolute atomic E-state index is 0.282. The van der Waals surface area contributed by atoms with Gasteiger partial charge in [0.1, 0.15) is 21.6 Å². The molecule has 7 nitrogen and oxygen atoms in total. The van der Waals surface area contributed by atoms with Crippen molar-refractivity contribution < 1.29 is 18.7 Å². The van der Waals surface area contributed by atoms with Crippen LogP contribution in [0.15, 0.2) is 35.4 Å². The molecular weight excluding hydrogens is 373 g/mol. The number of esters is 1. The molecule has 0 radical (unpaired) electrons. The molecule has 3 aromatic rings. The molecule has 0 aliphatic rings. The zero-order valence-electron chi connectivity index (χ0n) is 14.8. The van der Waals surface area contributed by atoms with Crippen LogP contribution in [0, 0.1) is 12.7 Å². The van der Waals surface area contributed by atoms with Gasteiger partial charge >= 0.3 is 5.97 Å². The molecule has 0 aliphatic carbocycles. The number of methoxy groups -OCH3 is 1. The molecule has 1 unspecified atom stereocenters. The van der Waals surface area contributed by atoms with Crippen molar-refractivity contribution in [1.29, 1.82) is 0 Å². The number of nitrogens with zero attached hydrogens (tertiary/aromatic N) is 2. The van der Waals surface area contributed by atoms with Crippen LogP contribution in [0.25, 0.3) is 10.2 Å². The van der Waals surface area contributed by atoms with Gasteiger partial charge in [-0.05, 0) is 43.7 Å². The third-order valence-corrected chi connectivity index (χ3v) is 5.34. The summed E-state index contributed by atoms with van der Waals surface area (Å²) in [7, 11) is 1.26. The molecule has 2 aromatic heterocycles. The summed E-state index contributed by atoms with van der Waals surface area (Å²) in [5.74, 6) is -1.41. The van der Waals surface area contributed by atoms with Crippen molar-refractivity contribution in [1.82, 2.24) is 9.55 Å². The molecule has 1 atom stereocenters. The Morgan fingerprint density at radius 1 is 1.30 bits per heavy atom. The number of rotatable bonds is 4. The van der Waals surface area contributed by atoms with Crippen LogP contribution in [-0.4, -0.2) is 28.5 Å². The van der Waals surface area contributed by atoms with Gasteiger partial charge in [0.25, 0.3) is 5.56 Å². The molecule has 3 rings (SSSR count). The Kier molecular flexibility index (Phi) is 5.04. The largest absolute Gasteiger partial charge is 0.465 e. The standard InChI is InChI=1S/C18H16FN3O4S/c1-9-13-16(27-14(9)18(25)26-3)20-8-22(17(13)24)10(2)15(23)21-12-6-4-11(19)5-7-12/h4-8,10H,1-3H3,(H,21,23). The molecule has 0 fully saturated rings. The van der Waals surface area contributed by atoms with Gasteiger partial charge in [0.2, 0.25) is 5.91 Å². The zero-order valence-corrected chi connectivity index (χ0v) is 15.6. The summed E-state index contributed by atoms with van der Waals surface area (Å²) in [6.07, 6.45) is 1.27. The van der Waals surface area contributed by atoms with E-state index in [1.165, 1.54) is 42.3 Å². The second-order valence-corrected chi connectivity index (χ2v) is 6.86. The highest BCUT2D eigenvalue weighted by atomic mass is 32.1. The van der Waals surface area contributed by atoms with Crippen LogP contribution in [0.3, 0.4) is 0 Å². The number of aryl methyl sites for hydroxylation is 1. The molecule has 1 amide bonds. The summed E-state index contributed by atoms with van der Waals surface area (Å²) < 4.78 is 18.9. The Morgan fingerprint density at radius 2 is 1.96 bits per heavy atom. The van der Waals surface area contributed by atoms with Crippen LogP contribution >= 0.6 is 11.3 Å². The maximum absolute atomic E-state index is 13.0. The first-order chi connectivity index (χ1) is 12.8. The van der Waals surface area contributed by atoms with Gasteiger partial charge in [-0.2, -0.15) is 0 Å². The fraction of sp³-hybridized carbons (Fsp3) is 0.222. The van der Waals surface area contributed by atoms with Crippen LogP contribution < -0.4 is 10.9 Å². The fourth-order valence-corrected chi connectivity index (χ4v) is 3.66. The number of benzene rings is 1. The van der Waals surface area contributed by atoms with Gasteiger partial charge < -0.3 is 10.1 Å². The summed E-state index contributed by atoms with van der Waals surface area (Å²) in [5.41, 5.74) is 0.459. The van der Waals surface area contributed by atoms with E-state index in [1.54, 1.807) is 13.8 Å². The second-order valence-electron chi connectivity index (χ2n) is 5.86. The minimum atomic E-state index is -0.861. The minimum Gasteiger partial charge on any atom is -0.465 e. The van der Waals surface area contributed by atoms with Crippen molar-refractivity contribution in [2.24, 2.45) is 0 Å². The van der Waals surface area contributed by atoms with Gasteiger partial charge in [-0.3, -0.25) is 14.2 Å². The molecule has 1 N–H and O–H groups in total. The topological polar surface area (TPSA) is 90.3 Å². The number of thiophene rings is 1. The fourth-order valence-electron chi connectivity index (χ4n) is 2.61. The highest BCUT2D eigenvalue weighted by Crippen LogP contribution is 2.27. The lowest BCUT2D eigenvalue weighted by molar-refractivity contribution is -0.118. The summed E-state index contributed by atoms with van der Waals surface area (Å²) >= 11 is 1.07. The van der Waals surface area contributed by atoms with Gasteiger partial charge in [0.15, 0.2) is 0 Å². The SMILES string of the molecule is COC(=O)c1sc2ncn(C(C)C(=O)Nc3ccc(F)cc3)c(=O)c2c1C. The maximum atomic E-state index is 13.0. The van der Waals surface area contributed by atoms with Crippen molar-refractivity contribution in [2.75, 3.05) is 12.4 Å². The van der Waals surface area contributed by atoms with Crippen molar-refractivity contribution in [2.45, 2.75) is 19.9 Å². The van der Waals surface area contributed by atoms with E-state index in [9.17, 15) is 18.8 Å². The third kappa shape index (κ3) is 3.45. The first-order valence-electron chi connectivity index (χ1n) is 7.98. The second kappa shape index (κ2) is 7.28.